The van der Waals surface area contributed by atoms with E-state index in [4.69, 9.17) is 11.6 Å². The summed E-state index contributed by atoms with van der Waals surface area (Å²) in [5.41, 5.74) is 1.51. The van der Waals surface area contributed by atoms with Crippen molar-refractivity contribution < 1.29 is 9.59 Å². The summed E-state index contributed by atoms with van der Waals surface area (Å²) in [6, 6.07) is 16.3. The number of hydrogen-bond acceptors (Lipinski definition) is 2. The van der Waals surface area contributed by atoms with Gasteiger partial charge in [0.25, 0.3) is 0 Å². The molecular weight excluding hydrogens is 312 g/mol. The van der Waals surface area contributed by atoms with E-state index in [1.807, 2.05) is 42.5 Å². The molecule has 4 nitrogen and oxygen atoms in total. The first-order chi connectivity index (χ1) is 11.2. The van der Waals surface area contributed by atoms with Crippen LogP contribution in [-0.2, 0) is 9.59 Å². The van der Waals surface area contributed by atoms with Crippen LogP contribution in [0.25, 0.3) is 0 Å². The Morgan fingerprint density at radius 1 is 1.04 bits per heavy atom. The Bertz CT molecular complexity index is 718. The third-order valence-electron chi connectivity index (χ3n) is 4.00. The number of benzene rings is 2. The molecule has 2 amide bonds. The lowest BCUT2D eigenvalue weighted by atomic mass is 10.0. The highest BCUT2D eigenvalue weighted by Gasteiger charge is 2.34. The van der Waals surface area contributed by atoms with Gasteiger partial charge in [0.2, 0.25) is 0 Å². The largest absolute Gasteiger partial charge is 0.327 e. The third-order valence-corrected chi connectivity index (χ3v) is 4.35. The number of anilines is 1. The minimum absolute atomic E-state index is 0.141. The van der Waals surface area contributed by atoms with Crippen molar-refractivity contribution in [2.45, 2.75) is 18.9 Å². The Hall–Kier alpha value is -2.33. The number of likely N-dealkylation sites (tertiary alicyclic amines) is 1. The monoisotopic (exact) mass is 328 g/mol. The molecule has 1 atom stereocenters. The molecule has 0 aromatic heterocycles. The second-order valence-electron chi connectivity index (χ2n) is 5.50. The molecule has 1 unspecified atom stereocenters. The van der Waals surface area contributed by atoms with Crippen molar-refractivity contribution in [3.63, 3.8) is 0 Å². The lowest BCUT2D eigenvalue weighted by Gasteiger charge is -2.25. The number of para-hydroxylation sites is 1. The summed E-state index contributed by atoms with van der Waals surface area (Å²) in [6.07, 6.45) is 1.67. The van der Waals surface area contributed by atoms with Crippen molar-refractivity contribution in [3.05, 3.63) is 65.2 Å². The van der Waals surface area contributed by atoms with Crippen LogP contribution in [0.1, 0.15) is 24.4 Å². The zero-order valence-corrected chi connectivity index (χ0v) is 13.3. The third kappa shape index (κ3) is 3.37. The van der Waals surface area contributed by atoms with E-state index >= 15 is 0 Å². The van der Waals surface area contributed by atoms with Crippen LogP contribution in [0.15, 0.2) is 54.6 Å². The van der Waals surface area contributed by atoms with E-state index in [2.05, 4.69) is 5.32 Å². The number of halogens is 1. The first kappa shape index (κ1) is 15.6. The molecule has 1 fully saturated rings. The Kier molecular flexibility index (Phi) is 4.63. The smallest absolute Gasteiger partial charge is 0.313 e. The summed E-state index contributed by atoms with van der Waals surface area (Å²) in [5.74, 6) is -1.13. The molecule has 2 aromatic carbocycles. The summed E-state index contributed by atoms with van der Waals surface area (Å²) in [6.45, 7) is 0.566. The SMILES string of the molecule is O=C(Nc1ccccc1)C(=O)N1CCCC1c1ccccc1Cl. The summed E-state index contributed by atoms with van der Waals surface area (Å²) in [4.78, 5) is 26.4. The maximum atomic E-state index is 12.5. The standard InChI is InChI=1S/C18H17ClN2O2/c19-15-10-5-4-9-14(15)16-11-6-12-21(16)18(23)17(22)20-13-7-2-1-3-8-13/h1-5,7-10,16H,6,11-12H2,(H,20,22). The van der Waals surface area contributed by atoms with Crippen molar-refractivity contribution in [1.29, 1.82) is 0 Å². The van der Waals surface area contributed by atoms with Gasteiger partial charge in [-0.15, -0.1) is 0 Å². The predicted octanol–water partition coefficient (Wildman–Crippen LogP) is 3.64. The Morgan fingerprint density at radius 2 is 1.74 bits per heavy atom. The molecule has 1 aliphatic heterocycles. The van der Waals surface area contributed by atoms with E-state index in [-0.39, 0.29) is 6.04 Å². The zero-order valence-electron chi connectivity index (χ0n) is 12.5. The van der Waals surface area contributed by atoms with Crippen molar-refractivity contribution >= 4 is 29.1 Å². The minimum atomic E-state index is -0.616. The highest BCUT2D eigenvalue weighted by molar-refractivity contribution is 6.39. The van der Waals surface area contributed by atoms with Crippen molar-refractivity contribution in [2.75, 3.05) is 11.9 Å². The fraction of sp³-hybridized carbons (Fsp3) is 0.222. The van der Waals surface area contributed by atoms with E-state index in [0.717, 1.165) is 18.4 Å². The topological polar surface area (TPSA) is 49.4 Å². The van der Waals surface area contributed by atoms with Gasteiger partial charge < -0.3 is 10.2 Å². The van der Waals surface area contributed by atoms with Gasteiger partial charge in [-0.2, -0.15) is 0 Å². The Labute approximate surface area is 140 Å². The summed E-state index contributed by atoms with van der Waals surface area (Å²) in [5, 5.41) is 3.27. The fourth-order valence-electron chi connectivity index (χ4n) is 2.91. The molecule has 0 bridgehead atoms. The average molecular weight is 329 g/mol. The predicted molar refractivity (Wildman–Crippen MR) is 90.2 cm³/mol. The zero-order chi connectivity index (χ0) is 16.2. The molecular formula is C18H17ClN2O2. The molecule has 3 rings (SSSR count). The van der Waals surface area contributed by atoms with E-state index in [1.165, 1.54) is 0 Å². The lowest BCUT2D eigenvalue weighted by molar-refractivity contribution is -0.143. The number of carbonyl (C=O) groups excluding carboxylic acids is 2. The molecule has 5 heteroatoms. The molecule has 23 heavy (non-hydrogen) atoms. The summed E-state index contributed by atoms with van der Waals surface area (Å²) in [7, 11) is 0. The lowest BCUT2D eigenvalue weighted by Crippen LogP contribution is -2.39. The van der Waals surface area contributed by atoms with E-state index in [1.54, 1.807) is 17.0 Å². The van der Waals surface area contributed by atoms with Gasteiger partial charge in [-0.25, -0.2) is 0 Å². The van der Waals surface area contributed by atoms with Crippen LogP contribution in [0.4, 0.5) is 5.69 Å². The second kappa shape index (κ2) is 6.84. The van der Waals surface area contributed by atoms with Gasteiger partial charge in [-0.3, -0.25) is 9.59 Å². The number of carbonyl (C=O) groups is 2. The van der Waals surface area contributed by atoms with Crippen molar-refractivity contribution in [1.82, 2.24) is 4.90 Å². The molecule has 0 aliphatic carbocycles. The quantitative estimate of drug-likeness (QED) is 0.856. The van der Waals surface area contributed by atoms with E-state index in [0.29, 0.717) is 17.3 Å². The fourth-order valence-corrected chi connectivity index (χ4v) is 3.18. The maximum absolute atomic E-state index is 12.5. The summed E-state index contributed by atoms with van der Waals surface area (Å²) >= 11 is 6.25. The van der Waals surface area contributed by atoms with Crippen LogP contribution in [-0.4, -0.2) is 23.3 Å². The Balaban J connectivity index is 1.76. The minimum Gasteiger partial charge on any atom is -0.327 e. The Morgan fingerprint density at radius 3 is 2.48 bits per heavy atom. The normalized spacial score (nSPS) is 17.1. The van der Waals surface area contributed by atoms with Gasteiger partial charge in [0, 0.05) is 17.3 Å². The van der Waals surface area contributed by atoms with Crippen LogP contribution >= 0.6 is 11.6 Å². The number of nitrogens with zero attached hydrogens (tertiary/aromatic N) is 1. The number of amides is 2. The first-order valence-electron chi connectivity index (χ1n) is 7.58. The molecule has 0 radical (unpaired) electrons. The number of nitrogens with one attached hydrogen (secondary N) is 1. The van der Waals surface area contributed by atoms with E-state index < -0.39 is 11.8 Å². The van der Waals surface area contributed by atoms with Gasteiger partial charge in [-0.05, 0) is 36.6 Å². The molecule has 0 spiro atoms. The second-order valence-corrected chi connectivity index (χ2v) is 5.91. The molecule has 0 saturated carbocycles. The van der Waals surface area contributed by atoms with Gasteiger partial charge in [0.15, 0.2) is 0 Å². The van der Waals surface area contributed by atoms with Crippen LogP contribution in [0.2, 0.25) is 5.02 Å². The highest BCUT2D eigenvalue weighted by atomic mass is 35.5. The summed E-state index contributed by atoms with van der Waals surface area (Å²) < 4.78 is 0. The van der Waals surface area contributed by atoms with Gasteiger partial charge in [0.05, 0.1) is 6.04 Å². The molecule has 118 valence electrons. The molecule has 2 aromatic rings. The highest BCUT2D eigenvalue weighted by Crippen LogP contribution is 2.35. The van der Waals surface area contributed by atoms with Crippen LogP contribution in [0.5, 0.6) is 0 Å². The van der Waals surface area contributed by atoms with Crippen molar-refractivity contribution in [3.8, 4) is 0 Å². The van der Waals surface area contributed by atoms with Crippen LogP contribution < -0.4 is 5.32 Å². The van der Waals surface area contributed by atoms with Crippen LogP contribution in [0.3, 0.4) is 0 Å². The first-order valence-corrected chi connectivity index (χ1v) is 7.96. The van der Waals surface area contributed by atoms with Crippen molar-refractivity contribution in [2.24, 2.45) is 0 Å². The molecule has 1 heterocycles. The molecule has 1 aliphatic rings. The number of hydrogen-bond donors (Lipinski definition) is 1. The van der Waals surface area contributed by atoms with E-state index in [9.17, 15) is 9.59 Å². The van der Waals surface area contributed by atoms with Gasteiger partial charge in [-0.1, -0.05) is 48.0 Å². The number of rotatable bonds is 2. The average Bonchev–Trinajstić information content (AvgIpc) is 3.04. The van der Waals surface area contributed by atoms with Crippen LogP contribution in [0, 0.1) is 0 Å². The molecule has 1 saturated heterocycles. The van der Waals surface area contributed by atoms with Gasteiger partial charge >= 0.3 is 11.8 Å². The molecule has 1 N–H and O–H groups in total. The van der Waals surface area contributed by atoms with Gasteiger partial charge in [0.1, 0.15) is 0 Å². The maximum Gasteiger partial charge on any atom is 0.313 e.